The summed E-state index contributed by atoms with van der Waals surface area (Å²) in [4.78, 5) is 44.4. The van der Waals surface area contributed by atoms with Crippen LogP contribution >= 0.6 is 11.6 Å². The maximum atomic E-state index is 14.3. The first-order chi connectivity index (χ1) is 16.7. The summed E-state index contributed by atoms with van der Waals surface area (Å²) in [5.41, 5.74) is -1.07. The van der Waals surface area contributed by atoms with Gasteiger partial charge in [0.1, 0.15) is 17.6 Å². The number of para-hydroxylation sites is 1. The molecular weight excluding hydrogens is 472 g/mol. The molecule has 2 amide bonds. The average Bonchev–Trinajstić information content (AvgIpc) is 3.12. The number of ether oxygens (including phenoxy) is 2. The second kappa shape index (κ2) is 8.76. The number of halogens is 1. The molecule has 1 spiro atoms. The van der Waals surface area contributed by atoms with Gasteiger partial charge >= 0.3 is 5.97 Å². The molecular formula is C26H29ClN2O6. The molecule has 0 saturated carbocycles. The summed E-state index contributed by atoms with van der Waals surface area (Å²) >= 11 is 6.53. The minimum Gasteiger partial charge on any atom is -0.465 e. The van der Waals surface area contributed by atoms with E-state index in [1.54, 1.807) is 24.0 Å². The zero-order valence-electron chi connectivity index (χ0n) is 19.8. The van der Waals surface area contributed by atoms with Crippen molar-refractivity contribution in [3.63, 3.8) is 0 Å². The molecule has 5 atom stereocenters. The van der Waals surface area contributed by atoms with Gasteiger partial charge in [-0.3, -0.25) is 14.4 Å². The molecule has 1 unspecified atom stereocenters. The summed E-state index contributed by atoms with van der Waals surface area (Å²) in [5, 5.41) is 9.92. The van der Waals surface area contributed by atoms with E-state index in [-0.39, 0.29) is 38.1 Å². The normalized spacial score (nSPS) is 34.2. The van der Waals surface area contributed by atoms with Gasteiger partial charge in [0.05, 0.1) is 28.8 Å². The highest BCUT2D eigenvalue weighted by Crippen LogP contribution is 2.57. The highest BCUT2D eigenvalue weighted by atomic mass is 35.5. The number of carbonyl (C=O) groups is 3. The summed E-state index contributed by atoms with van der Waals surface area (Å²) in [5.74, 6) is -3.02. The number of rotatable bonds is 4. The first kappa shape index (κ1) is 24.0. The van der Waals surface area contributed by atoms with E-state index in [1.165, 1.54) is 4.90 Å². The molecule has 0 aliphatic carbocycles. The fraction of sp³-hybridized carbons (Fsp3) is 0.500. The Kier molecular flexibility index (Phi) is 6.02. The first-order valence-electron chi connectivity index (χ1n) is 12.0. The van der Waals surface area contributed by atoms with Crippen molar-refractivity contribution in [2.75, 3.05) is 31.2 Å². The standard InChI is InChI=1S/C26H29ClN2O6/c1-16-8-5-9-17(27)20(16)28-12-6-11-26-18(22(31)29(13-7-14-30)21(26)23(28)32)19-24(33)34-15-4-3-10-25(19,2)35-26/h3,5-6,8-11,18-19,21,30H,4,7,12-15H2,1-2H3/t18-,19+,21?,25-,26-/m0/s1. The summed E-state index contributed by atoms with van der Waals surface area (Å²) in [7, 11) is 0. The SMILES string of the molecule is Cc1cccc(Cl)c1N1CC=C[C@]23O[C@@]4(C)C=CCCOC(=O)[C@H]4[C@H]2C(=O)N(CCCO)C3C1=O. The summed E-state index contributed by atoms with van der Waals surface area (Å²) in [6.45, 7) is 4.13. The van der Waals surface area contributed by atoms with Gasteiger partial charge in [0.2, 0.25) is 5.91 Å². The topological polar surface area (TPSA) is 96.4 Å². The minimum absolute atomic E-state index is 0.141. The van der Waals surface area contributed by atoms with Gasteiger partial charge in [-0.2, -0.15) is 0 Å². The molecule has 4 aliphatic rings. The molecule has 5 rings (SSSR count). The van der Waals surface area contributed by atoms with Crippen LogP contribution in [0.3, 0.4) is 0 Å². The zero-order valence-corrected chi connectivity index (χ0v) is 20.5. The van der Waals surface area contributed by atoms with Crippen LogP contribution in [0.15, 0.2) is 42.5 Å². The molecule has 2 saturated heterocycles. The van der Waals surface area contributed by atoms with Crippen LogP contribution in [-0.2, 0) is 23.9 Å². The Hall–Kier alpha value is -2.68. The van der Waals surface area contributed by atoms with Crippen LogP contribution in [0.1, 0.15) is 25.3 Å². The Balaban J connectivity index is 1.66. The van der Waals surface area contributed by atoms with Crippen LogP contribution in [0, 0.1) is 18.8 Å². The van der Waals surface area contributed by atoms with Crippen molar-refractivity contribution in [1.29, 1.82) is 0 Å². The van der Waals surface area contributed by atoms with E-state index in [2.05, 4.69) is 0 Å². The molecule has 1 aromatic carbocycles. The number of aryl methyl sites for hydroxylation is 1. The lowest BCUT2D eigenvalue weighted by Gasteiger charge is -2.38. The number of amides is 2. The Morgan fingerprint density at radius 2 is 1.94 bits per heavy atom. The Bertz CT molecular complexity index is 1110. The lowest BCUT2D eigenvalue weighted by atomic mass is 9.74. The fourth-order valence-electron chi connectivity index (χ4n) is 6.13. The number of hydrogen-bond donors (Lipinski definition) is 1. The summed E-state index contributed by atoms with van der Waals surface area (Å²) in [6, 6.07) is 4.40. The van der Waals surface area contributed by atoms with Gasteiger partial charge in [0.15, 0.2) is 0 Å². The highest BCUT2D eigenvalue weighted by Gasteiger charge is 2.74. The van der Waals surface area contributed by atoms with Gasteiger partial charge in [-0.1, -0.05) is 48.0 Å². The number of carbonyl (C=O) groups excluding carboxylic acids is 3. The number of benzene rings is 1. The number of esters is 1. The Labute approximate surface area is 209 Å². The third-order valence-corrected chi connectivity index (χ3v) is 7.84. The molecule has 4 aliphatic heterocycles. The largest absolute Gasteiger partial charge is 0.465 e. The number of nitrogens with zero attached hydrogens (tertiary/aromatic N) is 2. The third-order valence-electron chi connectivity index (χ3n) is 7.54. The molecule has 2 fully saturated rings. The predicted octanol–water partition coefficient (Wildman–Crippen LogP) is 2.41. The zero-order chi connectivity index (χ0) is 25.0. The van der Waals surface area contributed by atoms with E-state index in [0.717, 1.165) is 5.56 Å². The van der Waals surface area contributed by atoms with Gasteiger partial charge in [0, 0.05) is 19.7 Å². The molecule has 0 bridgehead atoms. The van der Waals surface area contributed by atoms with Crippen LogP contribution in [0.25, 0.3) is 0 Å². The van der Waals surface area contributed by atoms with Gasteiger partial charge in [0.25, 0.3) is 5.91 Å². The minimum atomic E-state index is -1.36. The number of anilines is 1. The lowest BCUT2D eigenvalue weighted by Crippen LogP contribution is -2.56. The number of fused-ring (bicyclic) bond motifs is 2. The van der Waals surface area contributed by atoms with Gasteiger partial charge in [-0.25, -0.2) is 0 Å². The van der Waals surface area contributed by atoms with Crippen molar-refractivity contribution in [3.8, 4) is 0 Å². The second-order valence-electron chi connectivity index (χ2n) is 9.72. The van der Waals surface area contributed by atoms with Crippen LogP contribution < -0.4 is 4.90 Å². The molecule has 9 heteroatoms. The van der Waals surface area contributed by atoms with Crippen molar-refractivity contribution in [2.24, 2.45) is 11.8 Å². The molecule has 35 heavy (non-hydrogen) atoms. The Morgan fingerprint density at radius 1 is 1.14 bits per heavy atom. The quantitative estimate of drug-likeness (QED) is 0.504. The van der Waals surface area contributed by atoms with Crippen molar-refractivity contribution < 1.29 is 29.0 Å². The molecule has 8 nitrogen and oxygen atoms in total. The summed E-state index contributed by atoms with van der Waals surface area (Å²) in [6.07, 6.45) is 8.14. The van der Waals surface area contributed by atoms with Crippen molar-refractivity contribution >= 4 is 35.1 Å². The molecule has 1 aromatic rings. The van der Waals surface area contributed by atoms with Crippen LogP contribution in [0.5, 0.6) is 0 Å². The molecule has 0 radical (unpaired) electrons. The fourth-order valence-corrected chi connectivity index (χ4v) is 6.46. The molecule has 186 valence electrons. The van der Waals surface area contributed by atoms with Crippen molar-refractivity contribution in [3.05, 3.63) is 53.1 Å². The van der Waals surface area contributed by atoms with E-state index < -0.39 is 35.0 Å². The van der Waals surface area contributed by atoms with E-state index in [9.17, 15) is 19.5 Å². The highest BCUT2D eigenvalue weighted by molar-refractivity contribution is 6.34. The van der Waals surface area contributed by atoms with Crippen LogP contribution in [-0.4, -0.2) is 71.3 Å². The molecule has 1 N–H and O–H groups in total. The van der Waals surface area contributed by atoms with E-state index in [4.69, 9.17) is 21.1 Å². The van der Waals surface area contributed by atoms with Crippen LogP contribution in [0.2, 0.25) is 5.02 Å². The number of cyclic esters (lactones) is 1. The number of aliphatic hydroxyl groups is 1. The van der Waals surface area contributed by atoms with Gasteiger partial charge in [-0.05, 0) is 38.3 Å². The lowest BCUT2D eigenvalue weighted by molar-refractivity contribution is -0.159. The smallest absolute Gasteiger partial charge is 0.313 e. The Morgan fingerprint density at radius 3 is 2.69 bits per heavy atom. The van der Waals surface area contributed by atoms with Crippen molar-refractivity contribution in [1.82, 2.24) is 4.90 Å². The molecule has 0 aromatic heterocycles. The summed E-state index contributed by atoms with van der Waals surface area (Å²) < 4.78 is 12.1. The number of aliphatic hydroxyl groups excluding tert-OH is 1. The first-order valence-corrected chi connectivity index (χ1v) is 12.3. The average molecular weight is 501 g/mol. The van der Waals surface area contributed by atoms with E-state index in [0.29, 0.717) is 23.6 Å². The van der Waals surface area contributed by atoms with Gasteiger partial charge in [-0.15, -0.1) is 0 Å². The maximum Gasteiger partial charge on any atom is 0.313 e. The van der Waals surface area contributed by atoms with Gasteiger partial charge < -0.3 is 24.4 Å². The van der Waals surface area contributed by atoms with Crippen molar-refractivity contribution in [2.45, 2.75) is 43.9 Å². The molecule has 4 heterocycles. The second-order valence-corrected chi connectivity index (χ2v) is 10.1. The monoisotopic (exact) mass is 500 g/mol. The third kappa shape index (κ3) is 3.53. The van der Waals surface area contributed by atoms with Crippen LogP contribution in [0.4, 0.5) is 5.69 Å². The number of hydrogen-bond acceptors (Lipinski definition) is 6. The number of likely N-dealkylation sites (tertiary alicyclic amines) is 1. The predicted molar refractivity (Wildman–Crippen MR) is 129 cm³/mol. The van der Waals surface area contributed by atoms with E-state index >= 15 is 0 Å². The van der Waals surface area contributed by atoms with E-state index in [1.807, 2.05) is 37.3 Å². The maximum absolute atomic E-state index is 14.3.